The standard InChI is InChI=1S/C19H18N4O2/c1-14-10-17(19(24)23(8-5-20)9-6-21)11-15(2)18(14)25-13-16-4-3-7-22-12-16/h3-4,7,10-12H,8-9,13H2,1-2H3. The lowest BCUT2D eigenvalue weighted by Gasteiger charge is -2.18. The number of nitriles is 2. The molecule has 0 unspecified atom stereocenters. The average Bonchev–Trinajstić information content (AvgIpc) is 2.61. The smallest absolute Gasteiger partial charge is 0.255 e. The molecule has 0 fully saturated rings. The fourth-order valence-electron chi connectivity index (χ4n) is 2.49. The number of pyridine rings is 1. The summed E-state index contributed by atoms with van der Waals surface area (Å²) in [6.07, 6.45) is 3.44. The van der Waals surface area contributed by atoms with Gasteiger partial charge in [-0.15, -0.1) is 0 Å². The third-order valence-corrected chi connectivity index (χ3v) is 3.62. The number of aromatic nitrogens is 1. The van der Waals surface area contributed by atoms with Crippen LogP contribution in [-0.2, 0) is 6.61 Å². The molecule has 2 aromatic rings. The Balaban J connectivity index is 2.20. The molecule has 2 rings (SSSR count). The zero-order valence-corrected chi connectivity index (χ0v) is 14.2. The number of hydrogen-bond acceptors (Lipinski definition) is 5. The molecule has 0 radical (unpaired) electrons. The van der Waals surface area contributed by atoms with Gasteiger partial charge in [-0.25, -0.2) is 0 Å². The fraction of sp³-hybridized carbons (Fsp3) is 0.263. The molecule has 0 bridgehead atoms. The molecule has 1 amide bonds. The van der Waals surface area contributed by atoms with E-state index in [1.54, 1.807) is 24.5 Å². The molecule has 0 aliphatic heterocycles. The Kier molecular flexibility index (Phi) is 6.08. The van der Waals surface area contributed by atoms with Gasteiger partial charge in [-0.2, -0.15) is 10.5 Å². The maximum absolute atomic E-state index is 12.5. The molecule has 1 heterocycles. The topological polar surface area (TPSA) is 90.0 Å². The summed E-state index contributed by atoms with van der Waals surface area (Å²) in [4.78, 5) is 17.8. The number of carbonyl (C=O) groups excluding carboxylic acids is 1. The van der Waals surface area contributed by atoms with Gasteiger partial charge in [-0.1, -0.05) is 6.07 Å². The Labute approximate surface area is 146 Å². The van der Waals surface area contributed by atoms with Crippen LogP contribution < -0.4 is 4.74 Å². The number of benzene rings is 1. The van der Waals surface area contributed by atoms with Crippen molar-refractivity contribution in [3.05, 3.63) is 58.9 Å². The second-order valence-corrected chi connectivity index (χ2v) is 5.57. The number of nitrogens with zero attached hydrogens (tertiary/aromatic N) is 4. The van der Waals surface area contributed by atoms with Gasteiger partial charge < -0.3 is 9.64 Å². The average molecular weight is 334 g/mol. The molecular formula is C19H18N4O2. The lowest BCUT2D eigenvalue weighted by molar-refractivity contribution is 0.0794. The lowest BCUT2D eigenvalue weighted by atomic mass is 10.0. The maximum atomic E-state index is 12.5. The van der Waals surface area contributed by atoms with Gasteiger partial charge in [0.2, 0.25) is 0 Å². The number of carbonyl (C=O) groups is 1. The molecule has 25 heavy (non-hydrogen) atoms. The zero-order chi connectivity index (χ0) is 18.2. The summed E-state index contributed by atoms with van der Waals surface area (Å²) in [5, 5.41) is 17.6. The van der Waals surface area contributed by atoms with E-state index >= 15 is 0 Å². The van der Waals surface area contributed by atoms with Gasteiger partial charge >= 0.3 is 0 Å². The molecule has 0 aliphatic carbocycles. The van der Waals surface area contributed by atoms with E-state index in [9.17, 15) is 4.79 Å². The summed E-state index contributed by atoms with van der Waals surface area (Å²) < 4.78 is 5.87. The number of aryl methyl sites for hydroxylation is 2. The summed E-state index contributed by atoms with van der Waals surface area (Å²) in [6, 6.07) is 11.0. The minimum Gasteiger partial charge on any atom is -0.488 e. The van der Waals surface area contributed by atoms with E-state index in [-0.39, 0.29) is 19.0 Å². The van der Waals surface area contributed by atoms with Gasteiger partial charge in [0.05, 0.1) is 12.1 Å². The monoisotopic (exact) mass is 334 g/mol. The number of ether oxygens (including phenoxy) is 1. The first-order valence-corrected chi connectivity index (χ1v) is 7.73. The van der Waals surface area contributed by atoms with Gasteiger partial charge in [0.15, 0.2) is 0 Å². The Hall–Kier alpha value is -3.38. The number of hydrogen-bond donors (Lipinski definition) is 0. The Bertz CT molecular complexity index is 796. The van der Waals surface area contributed by atoms with Crippen molar-refractivity contribution < 1.29 is 9.53 Å². The van der Waals surface area contributed by atoms with Crippen molar-refractivity contribution >= 4 is 5.91 Å². The van der Waals surface area contributed by atoms with Gasteiger partial charge in [0.25, 0.3) is 5.91 Å². The summed E-state index contributed by atoms with van der Waals surface area (Å²) in [5.41, 5.74) is 3.03. The third-order valence-electron chi connectivity index (χ3n) is 3.62. The molecule has 0 atom stereocenters. The molecule has 0 spiro atoms. The summed E-state index contributed by atoms with van der Waals surface area (Å²) in [6.45, 7) is 3.87. The second-order valence-electron chi connectivity index (χ2n) is 5.57. The maximum Gasteiger partial charge on any atom is 0.255 e. The molecule has 0 aliphatic rings. The molecule has 1 aromatic heterocycles. The van der Waals surface area contributed by atoms with Crippen LogP contribution in [0.25, 0.3) is 0 Å². The molecule has 0 saturated carbocycles. The molecule has 126 valence electrons. The van der Waals surface area contributed by atoms with Crippen molar-refractivity contribution in [3.63, 3.8) is 0 Å². The highest BCUT2D eigenvalue weighted by Gasteiger charge is 2.18. The minimum absolute atomic E-state index is 0.121. The van der Waals surface area contributed by atoms with Gasteiger partial charge in [-0.3, -0.25) is 9.78 Å². The van der Waals surface area contributed by atoms with Gasteiger partial charge in [0.1, 0.15) is 25.4 Å². The fourth-order valence-corrected chi connectivity index (χ4v) is 2.49. The molecule has 0 saturated heterocycles. The predicted octanol–water partition coefficient (Wildman–Crippen LogP) is 2.77. The predicted molar refractivity (Wildman–Crippen MR) is 91.6 cm³/mol. The molecule has 1 aromatic carbocycles. The van der Waals surface area contributed by atoms with Crippen molar-refractivity contribution in [3.8, 4) is 17.9 Å². The van der Waals surface area contributed by atoms with Crippen LogP contribution in [0.5, 0.6) is 5.75 Å². The van der Waals surface area contributed by atoms with Crippen LogP contribution in [0.2, 0.25) is 0 Å². The quantitative estimate of drug-likeness (QED) is 0.758. The molecule has 6 nitrogen and oxygen atoms in total. The summed E-state index contributed by atoms with van der Waals surface area (Å²) >= 11 is 0. The van der Waals surface area contributed by atoms with Crippen molar-refractivity contribution in [1.82, 2.24) is 9.88 Å². The van der Waals surface area contributed by atoms with E-state index in [0.717, 1.165) is 16.7 Å². The highest BCUT2D eigenvalue weighted by Crippen LogP contribution is 2.26. The zero-order valence-electron chi connectivity index (χ0n) is 14.2. The van der Waals surface area contributed by atoms with Crippen molar-refractivity contribution in [2.75, 3.05) is 13.1 Å². The number of amides is 1. The van der Waals surface area contributed by atoms with Gasteiger partial charge in [0, 0.05) is 23.5 Å². The van der Waals surface area contributed by atoms with Crippen molar-refractivity contribution in [2.24, 2.45) is 0 Å². The van der Waals surface area contributed by atoms with Crippen molar-refractivity contribution in [2.45, 2.75) is 20.5 Å². The Morgan fingerprint density at radius 1 is 1.20 bits per heavy atom. The van der Waals surface area contributed by atoms with Crippen LogP contribution in [0.15, 0.2) is 36.7 Å². The molecule has 0 N–H and O–H groups in total. The van der Waals surface area contributed by atoms with E-state index < -0.39 is 0 Å². The second kappa shape index (κ2) is 8.47. The van der Waals surface area contributed by atoms with Gasteiger partial charge in [-0.05, 0) is 43.2 Å². The van der Waals surface area contributed by atoms with E-state index in [0.29, 0.717) is 17.9 Å². The van der Waals surface area contributed by atoms with Crippen molar-refractivity contribution in [1.29, 1.82) is 10.5 Å². The highest BCUT2D eigenvalue weighted by molar-refractivity contribution is 5.95. The first-order valence-electron chi connectivity index (χ1n) is 7.73. The van der Waals surface area contributed by atoms with E-state index in [4.69, 9.17) is 15.3 Å². The van der Waals surface area contributed by atoms with Crippen LogP contribution >= 0.6 is 0 Å². The van der Waals surface area contributed by atoms with E-state index in [1.165, 1.54) is 4.90 Å². The van der Waals surface area contributed by atoms with Crippen LogP contribution in [0.1, 0.15) is 27.0 Å². The van der Waals surface area contributed by atoms with Crippen LogP contribution in [-0.4, -0.2) is 28.9 Å². The van der Waals surface area contributed by atoms with E-state index in [2.05, 4.69) is 4.98 Å². The summed E-state index contributed by atoms with van der Waals surface area (Å²) in [5.74, 6) is 0.376. The highest BCUT2D eigenvalue weighted by atomic mass is 16.5. The Morgan fingerprint density at radius 3 is 2.36 bits per heavy atom. The number of rotatable bonds is 6. The lowest BCUT2D eigenvalue weighted by Crippen LogP contribution is -2.31. The van der Waals surface area contributed by atoms with E-state index in [1.807, 2.05) is 38.1 Å². The first-order chi connectivity index (χ1) is 12.1. The normalized spacial score (nSPS) is 9.76. The van der Waals surface area contributed by atoms with Crippen LogP contribution in [0.4, 0.5) is 0 Å². The van der Waals surface area contributed by atoms with Crippen LogP contribution in [0.3, 0.4) is 0 Å². The first kappa shape index (κ1) is 18.0. The molecule has 6 heteroatoms. The Morgan fingerprint density at radius 2 is 1.84 bits per heavy atom. The summed E-state index contributed by atoms with van der Waals surface area (Å²) in [7, 11) is 0. The van der Waals surface area contributed by atoms with Crippen LogP contribution in [0, 0.1) is 36.5 Å². The largest absolute Gasteiger partial charge is 0.488 e. The SMILES string of the molecule is Cc1cc(C(=O)N(CC#N)CC#N)cc(C)c1OCc1cccnc1. The molecular weight excluding hydrogens is 316 g/mol. The minimum atomic E-state index is -0.340. The third kappa shape index (κ3) is 4.55.